The summed E-state index contributed by atoms with van der Waals surface area (Å²) >= 11 is 6.17. The minimum atomic E-state index is -1.19. The van der Waals surface area contributed by atoms with Gasteiger partial charge in [-0.3, -0.25) is 14.7 Å². The van der Waals surface area contributed by atoms with Gasteiger partial charge in [-0.1, -0.05) is 17.7 Å². The number of halogens is 3. The number of amidine groups is 1. The van der Waals surface area contributed by atoms with Gasteiger partial charge in [0.15, 0.2) is 11.6 Å². The van der Waals surface area contributed by atoms with Crippen LogP contribution in [0.15, 0.2) is 59.6 Å². The number of urea groups is 1. The predicted molar refractivity (Wildman–Crippen MR) is 154 cm³/mol. The molecule has 43 heavy (non-hydrogen) atoms. The number of methoxy groups -OCH3 is 1. The fourth-order valence-electron chi connectivity index (χ4n) is 4.45. The standard InChI is InChI=1S/C29H28ClF2N5O6/c1-15(16-3-5-23(28(39)40)24(33)9-16)35-29(41)37-14-26(36-43-22-11-20(31)10-21(32)12-22)34-13-18(27(37)38)7-17-8-19(30)4-6-25(17)42-2/h3-6,8-12,15,18H,7,13-14,33H2,1-2H3,(H,34,36)(H,35,41)(H,39,40)/t15-,18?/m1/s1. The van der Waals surface area contributed by atoms with Crippen molar-refractivity contribution >= 4 is 41.0 Å². The highest BCUT2D eigenvalue weighted by Crippen LogP contribution is 2.27. The molecule has 2 atom stereocenters. The molecule has 1 unspecified atom stereocenters. The molecule has 1 aliphatic heterocycles. The zero-order valence-electron chi connectivity index (χ0n) is 23.1. The minimum absolute atomic E-state index is 0.0111. The number of carbonyl (C=O) groups excluding carboxylic acids is 2. The topological polar surface area (TPSA) is 156 Å². The Balaban J connectivity index is 1.59. The zero-order chi connectivity index (χ0) is 31.3. The lowest BCUT2D eigenvalue weighted by atomic mass is 9.97. The number of hydrogen-bond donors (Lipinski definition) is 4. The lowest BCUT2D eigenvalue weighted by molar-refractivity contribution is -0.131. The monoisotopic (exact) mass is 615 g/mol. The maximum atomic E-state index is 13.7. The van der Waals surface area contributed by atoms with Gasteiger partial charge in [-0.25, -0.2) is 23.9 Å². The third kappa shape index (κ3) is 7.68. The number of hydroxylamine groups is 1. The largest absolute Gasteiger partial charge is 0.496 e. The molecular weight excluding hydrogens is 588 g/mol. The number of imide groups is 1. The van der Waals surface area contributed by atoms with E-state index < -0.39 is 41.5 Å². The van der Waals surface area contributed by atoms with Crippen molar-refractivity contribution in [3.63, 3.8) is 0 Å². The van der Waals surface area contributed by atoms with Gasteiger partial charge in [0, 0.05) is 28.9 Å². The number of nitrogens with one attached hydrogen (secondary N) is 2. The van der Waals surface area contributed by atoms with Crippen molar-refractivity contribution in [1.82, 2.24) is 15.7 Å². The van der Waals surface area contributed by atoms with E-state index in [1.54, 1.807) is 25.1 Å². The summed E-state index contributed by atoms with van der Waals surface area (Å²) in [5.41, 5.74) is 9.39. The number of nitrogens with two attached hydrogens (primary N) is 1. The van der Waals surface area contributed by atoms with Gasteiger partial charge in [0.25, 0.3) is 0 Å². The van der Waals surface area contributed by atoms with Crippen LogP contribution in [-0.4, -0.2) is 53.9 Å². The second kappa shape index (κ2) is 13.4. The molecule has 226 valence electrons. The fourth-order valence-corrected chi connectivity index (χ4v) is 4.65. The number of amides is 3. The highest BCUT2D eigenvalue weighted by Gasteiger charge is 2.34. The first-order valence-electron chi connectivity index (χ1n) is 12.9. The van der Waals surface area contributed by atoms with Crippen LogP contribution in [0.5, 0.6) is 11.5 Å². The van der Waals surface area contributed by atoms with Crippen LogP contribution >= 0.6 is 11.6 Å². The SMILES string of the molecule is COc1ccc(Cl)cc1CC1CN=C(NOc2cc(F)cc(F)c2)CN(C(=O)N[C@H](C)c2ccc(C(=O)O)c(N)c2)C1=O. The van der Waals surface area contributed by atoms with Crippen molar-refractivity contribution < 1.29 is 37.8 Å². The number of carboxylic acids is 1. The zero-order valence-corrected chi connectivity index (χ0v) is 23.8. The van der Waals surface area contributed by atoms with Gasteiger partial charge in [-0.2, -0.15) is 0 Å². The highest BCUT2D eigenvalue weighted by molar-refractivity contribution is 6.30. The normalized spacial score (nSPS) is 15.7. The molecule has 1 heterocycles. The number of benzene rings is 3. The first kappa shape index (κ1) is 31.0. The van der Waals surface area contributed by atoms with Crippen LogP contribution in [0, 0.1) is 17.6 Å². The average Bonchev–Trinajstić information content (AvgIpc) is 3.10. The van der Waals surface area contributed by atoms with Crippen LogP contribution in [0.1, 0.15) is 34.5 Å². The molecule has 0 aromatic heterocycles. The fraction of sp³-hybridized carbons (Fsp3) is 0.241. The van der Waals surface area contributed by atoms with E-state index >= 15 is 0 Å². The Labute approximate surface area is 250 Å². The molecule has 0 radical (unpaired) electrons. The summed E-state index contributed by atoms with van der Waals surface area (Å²) in [7, 11) is 1.48. The van der Waals surface area contributed by atoms with Gasteiger partial charge < -0.3 is 25.7 Å². The Bertz CT molecular complexity index is 1570. The number of nitrogens with zero attached hydrogens (tertiary/aromatic N) is 2. The molecule has 0 saturated heterocycles. The van der Waals surface area contributed by atoms with E-state index in [2.05, 4.69) is 15.8 Å². The predicted octanol–water partition coefficient (Wildman–Crippen LogP) is 4.36. The Morgan fingerprint density at radius 2 is 1.88 bits per heavy atom. The van der Waals surface area contributed by atoms with E-state index in [0.29, 0.717) is 28.0 Å². The number of nitrogen functional groups attached to an aromatic ring is 1. The van der Waals surface area contributed by atoms with Crippen molar-refractivity contribution in [3.8, 4) is 11.5 Å². The number of anilines is 1. The van der Waals surface area contributed by atoms with E-state index in [0.717, 1.165) is 17.0 Å². The average molecular weight is 616 g/mol. The number of hydrogen-bond acceptors (Lipinski definition) is 8. The summed E-state index contributed by atoms with van der Waals surface area (Å²) in [6.45, 7) is 1.21. The molecule has 0 aliphatic carbocycles. The van der Waals surface area contributed by atoms with Crippen LogP contribution in [0.25, 0.3) is 0 Å². The van der Waals surface area contributed by atoms with Crippen LogP contribution in [-0.2, 0) is 11.2 Å². The molecular formula is C29H28ClF2N5O6. The molecule has 11 nitrogen and oxygen atoms in total. The number of carboxylic acid groups (broad SMARTS) is 1. The van der Waals surface area contributed by atoms with Crippen molar-refractivity contribution in [1.29, 1.82) is 0 Å². The molecule has 3 aromatic carbocycles. The van der Waals surface area contributed by atoms with Gasteiger partial charge in [0.1, 0.15) is 17.4 Å². The molecule has 3 amide bonds. The first-order valence-corrected chi connectivity index (χ1v) is 13.3. The molecule has 14 heteroatoms. The Hall–Kier alpha value is -4.91. The Morgan fingerprint density at radius 3 is 2.53 bits per heavy atom. The van der Waals surface area contributed by atoms with E-state index in [1.165, 1.54) is 25.3 Å². The van der Waals surface area contributed by atoms with Gasteiger partial charge >= 0.3 is 12.0 Å². The molecule has 1 aliphatic rings. The Morgan fingerprint density at radius 1 is 1.16 bits per heavy atom. The van der Waals surface area contributed by atoms with Crippen LogP contribution in [0.2, 0.25) is 5.02 Å². The summed E-state index contributed by atoms with van der Waals surface area (Å²) in [6.07, 6.45) is 0.127. The minimum Gasteiger partial charge on any atom is -0.496 e. The van der Waals surface area contributed by atoms with Crippen molar-refractivity contribution in [2.24, 2.45) is 10.9 Å². The second-order valence-corrected chi connectivity index (χ2v) is 10.1. The highest BCUT2D eigenvalue weighted by atomic mass is 35.5. The molecule has 0 spiro atoms. The number of carbonyl (C=O) groups is 3. The second-order valence-electron chi connectivity index (χ2n) is 9.70. The summed E-state index contributed by atoms with van der Waals surface area (Å²) in [5, 5.41) is 12.4. The summed E-state index contributed by atoms with van der Waals surface area (Å²) in [5.74, 6) is -3.98. The van der Waals surface area contributed by atoms with Gasteiger partial charge in [0.05, 0.1) is 37.7 Å². The summed E-state index contributed by atoms with van der Waals surface area (Å²) in [6, 6.07) is 10.3. The third-order valence-corrected chi connectivity index (χ3v) is 6.88. The van der Waals surface area contributed by atoms with Crippen molar-refractivity contribution in [2.45, 2.75) is 19.4 Å². The number of ether oxygens (including phenoxy) is 1. The summed E-state index contributed by atoms with van der Waals surface area (Å²) in [4.78, 5) is 49.2. The summed E-state index contributed by atoms with van der Waals surface area (Å²) < 4.78 is 32.7. The maximum Gasteiger partial charge on any atom is 0.337 e. The number of aliphatic imine (C=N–C) groups is 1. The molecule has 3 aromatic rings. The molecule has 0 saturated carbocycles. The van der Waals surface area contributed by atoms with E-state index in [4.69, 9.17) is 26.9 Å². The first-order chi connectivity index (χ1) is 20.4. The lowest BCUT2D eigenvalue weighted by Crippen LogP contribution is -2.50. The molecule has 4 rings (SSSR count). The number of rotatable bonds is 8. The van der Waals surface area contributed by atoms with Crippen LogP contribution in [0.4, 0.5) is 19.3 Å². The quantitative estimate of drug-likeness (QED) is 0.215. The molecule has 0 bridgehead atoms. The van der Waals surface area contributed by atoms with E-state index in [-0.39, 0.29) is 42.3 Å². The maximum absolute atomic E-state index is 13.7. The smallest absolute Gasteiger partial charge is 0.337 e. The lowest BCUT2D eigenvalue weighted by Gasteiger charge is -2.26. The molecule has 5 N–H and O–H groups in total. The number of aromatic carboxylic acids is 1. The van der Waals surface area contributed by atoms with E-state index in [9.17, 15) is 28.3 Å². The van der Waals surface area contributed by atoms with Crippen molar-refractivity contribution in [3.05, 3.63) is 87.9 Å². The van der Waals surface area contributed by atoms with E-state index in [1.807, 2.05) is 0 Å². The van der Waals surface area contributed by atoms with Crippen molar-refractivity contribution in [2.75, 3.05) is 25.9 Å². The van der Waals surface area contributed by atoms with Crippen LogP contribution in [0.3, 0.4) is 0 Å². The molecule has 0 fully saturated rings. The van der Waals surface area contributed by atoms with Gasteiger partial charge in [-0.05, 0) is 54.8 Å². The van der Waals surface area contributed by atoms with Crippen LogP contribution < -0.4 is 26.1 Å². The third-order valence-electron chi connectivity index (χ3n) is 6.65. The van der Waals surface area contributed by atoms with Gasteiger partial charge in [-0.15, -0.1) is 0 Å². The van der Waals surface area contributed by atoms with Gasteiger partial charge in [0.2, 0.25) is 5.91 Å². The Kier molecular flexibility index (Phi) is 9.66.